The number of hydrogen-bond donors (Lipinski definition) is 3. The number of ether oxygens (including phenoxy) is 4. The van der Waals surface area contributed by atoms with Gasteiger partial charge in [-0.3, -0.25) is 37.3 Å². The molecule has 0 saturated heterocycles. The van der Waals surface area contributed by atoms with Gasteiger partial charge in [-0.25, -0.2) is 9.13 Å². The Labute approximate surface area is 619 Å². The van der Waals surface area contributed by atoms with E-state index in [2.05, 4.69) is 48.5 Å². The van der Waals surface area contributed by atoms with Crippen LogP contribution in [0.5, 0.6) is 0 Å². The molecule has 0 aromatic carbocycles. The van der Waals surface area contributed by atoms with Crippen molar-refractivity contribution in [3.8, 4) is 0 Å². The van der Waals surface area contributed by atoms with Gasteiger partial charge in [0.2, 0.25) is 0 Å². The van der Waals surface area contributed by atoms with Crippen molar-refractivity contribution in [1.29, 1.82) is 0 Å². The van der Waals surface area contributed by atoms with Crippen LogP contribution >= 0.6 is 15.6 Å². The van der Waals surface area contributed by atoms with Gasteiger partial charge >= 0.3 is 39.5 Å². The van der Waals surface area contributed by atoms with Crippen molar-refractivity contribution >= 4 is 39.5 Å². The molecule has 0 bridgehead atoms. The number of hydrogen-bond acceptors (Lipinski definition) is 15. The maximum atomic E-state index is 13.1. The average Bonchev–Trinajstić information content (AvgIpc) is 0.930. The number of rotatable bonds is 80. The largest absolute Gasteiger partial charge is 0.472 e. The van der Waals surface area contributed by atoms with E-state index < -0.39 is 97.5 Å². The summed E-state index contributed by atoms with van der Waals surface area (Å²) in [5, 5.41) is 10.6. The molecule has 0 spiro atoms. The first kappa shape index (κ1) is 99.1. The van der Waals surface area contributed by atoms with Gasteiger partial charge in [-0.2, -0.15) is 0 Å². The van der Waals surface area contributed by atoms with Crippen molar-refractivity contribution in [3.63, 3.8) is 0 Å². The van der Waals surface area contributed by atoms with E-state index in [0.29, 0.717) is 25.7 Å². The van der Waals surface area contributed by atoms with Gasteiger partial charge < -0.3 is 33.8 Å². The molecule has 19 heteroatoms. The number of unbranched alkanes of at least 4 members (excludes halogenated alkanes) is 47. The second-order valence-electron chi connectivity index (χ2n) is 30.7. The van der Waals surface area contributed by atoms with Crippen LogP contribution in [-0.4, -0.2) is 96.7 Å². The molecular formula is C82H160O17P2. The number of aliphatic hydroxyl groups is 1. The Morgan fingerprint density at radius 1 is 0.287 bits per heavy atom. The maximum Gasteiger partial charge on any atom is 0.472 e. The lowest BCUT2D eigenvalue weighted by atomic mass is 9.99. The number of esters is 4. The first-order valence-electron chi connectivity index (χ1n) is 42.4. The molecule has 0 radical (unpaired) electrons. The number of carbonyl (C=O) groups is 4. The highest BCUT2D eigenvalue weighted by molar-refractivity contribution is 7.47. The third-order valence-corrected chi connectivity index (χ3v) is 21.4. The molecule has 3 N–H and O–H groups in total. The molecule has 600 valence electrons. The van der Waals surface area contributed by atoms with Crippen molar-refractivity contribution in [2.75, 3.05) is 39.6 Å². The van der Waals surface area contributed by atoms with Crippen LogP contribution in [0.3, 0.4) is 0 Å². The maximum absolute atomic E-state index is 13.1. The van der Waals surface area contributed by atoms with E-state index in [9.17, 15) is 43.2 Å². The molecule has 101 heavy (non-hydrogen) atoms. The zero-order chi connectivity index (χ0) is 74.4. The highest BCUT2D eigenvalue weighted by atomic mass is 31.2. The Bertz CT molecular complexity index is 1960. The van der Waals surface area contributed by atoms with E-state index in [1.54, 1.807) is 0 Å². The summed E-state index contributed by atoms with van der Waals surface area (Å²) in [6.45, 7) is 12.0. The Hall–Kier alpha value is -1.94. The van der Waals surface area contributed by atoms with Gasteiger partial charge in [-0.15, -0.1) is 0 Å². The molecule has 0 aliphatic rings. The van der Waals surface area contributed by atoms with E-state index in [1.165, 1.54) is 231 Å². The molecule has 0 saturated carbocycles. The van der Waals surface area contributed by atoms with Crippen molar-refractivity contribution in [2.24, 2.45) is 17.8 Å². The van der Waals surface area contributed by atoms with Gasteiger partial charge in [-0.05, 0) is 43.4 Å². The minimum Gasteiger partial charge on any atom is -0.462 e. The Morgan fingerprint density at radius 3 is 0.752 bits per heavy atom. The van der Waals surface area contributed by atoms with E-state index in [4.69, 9.17) is 37.0 Å². The second kappa shape index (κ2) is 72.3. The van der Waals surface area contributed by atoms with Gasteiger partial charge in [0, 0.05) is 25.7 Å². The Kier molecular flexibility index (Phi) is 70.9. The number of carbonyl (C=O) groups excluding carboxylic acids is 4. The van der Waals surface area contributed by atoms with Crippen LogP contribution in [-0.2, 0) is 65.4 Å². The van der Waals surface area contributed by atoms with Gasteiger partial charge in [0.25, 0.3) is 0 Å². The molecule has 17 nitrogen and oxygen atoms in total. The molecule has 0 aliphatic carbocycles. The quantitative estimate of drug-likeness (QED) is 0.0222. The van der Waals surface area contributed by atoms with Gasteiger partial charge in [0.1, 0.15) is 19.3 Å². The first-order chi connectivity index (χ1) is 48.8. The molecule has 0 aliphatic heterocycles. The minimum atomic E-state index is -4.96. The fourth-order valence-corrected chi connectivity index (χ4v) is 14.2. The Morgan fingerprint density at radius 2 is 0.505 bits per heavy atom. The van der Waals surface area contributed by atoms with Crippen molar-refractivity contribution in [3.05, 3.63) is 0 Å². The average molecular weight is 1480 g/mol. The molecule has 0 aromatic heterocycles. The molecule has 3 unspecified atom stereocenters. The SMILES string of the molecule is CCCCCCCCCCC(=O)OC[C@H](COP(=O)(O)OC[C@H](O)COP(=O)(O)OC[C@@H](COC(=O)CCCCCCCCCCCCCCCCC(C)C)OC(=O)CCCCCCCCCCCCCCCCCCCCC(C)CC)OC(=O)CCCCCCCCCCCCCC(C)C. The van der Waals surface area contributed by atoms with E-state index >= 15 is 0 Å². The zero-order valence-corrected chi connectivity index (χ0v) is 68.2. The van der Waals surface area contributed by atoms with Gasteiger partial charge in [0.15, 0.2) is 12.2 Å². The summed E-state index contributed by atoms with van der Waals surface area (Å²) in [7, 11) is -9.92. The van der Waals surface area contributed by atoms with E-state index in [0.717, 1.165) is 114 Å². The predicted molar refractivity (Wildman–Crippen MR) is 414 cm³/mol. The highest BCUT2D eigenvalue weighted by Crippen LogP contribution is 2.45. The molecule has 6 atom stereocenters. The van der Waals surface area contributed by atoms with E-state index in [1.807, 2.05) is 0 Å². The van der Waals surface area contributed by atoms with Crippen LogP contribution in [0.15, 0.2) is 0 Å². The number of phosphoric acid groups is 2. The monoisotopic (exact) mass is 1480 g/mol. The standard InChI is InChI=1S/C82H160O17P2/c1-8-10-11-12-13-42-49-56-63-79(84)92-69-77(98-82(87)66-59-52-45-38-32-26-28-34-40-47-54-61-74(5)6)71-96-100(88,89)94-67-76(83)68-95-101(90,91)97-72-78(70-93-80(85)64-57-50-43-36-30-24-21-20-22-27-33-39-46-53-60-73(3)4)99-81(86)65-58-51-44-37-31-25-19-17-15-14-16-18-23-29-35-41-48-55-62-75(7)9-2/h73-78,83H,8-72H2,1-7H3,(H,88,89)(H,90,91)/t75?,76-,77+,78+/m0/s1. The van der Waals surface area contributed by atoms with Crippen molar-refractivity contribution in [2.45, 2.75) is 446 Å². The normalized spacial score (nSPS) is 14.2. The van der Waals surface area contributed by atoms with Gasteiger partial charge in [0.05, 0.1) is 26.4 Å². The summed E-state index contributed by atoms with van der Waals surface area (Å²) in [5.41, 5.74) is 0. The lowest BCUT2D eigenvalue weighted by Gasteiger charge is -2.21. The van der Waals surface area contributed by atoms with Crippen LogP contribution in [0.1, 0.15) is 427 Å². The summed E-state index contributed by atoms with van der Waals surface area (Å²) in [6.07, 6.45) is 61.1. The molecular weight excluding hydrogens is 1320 g/mol. The smallest absolute Gasteiger partial charge is 0.462 e. The van der Waals surface area contributed by atoms with E-state index in [-0.39, 0.29) is 25.7 Å². The molecule has 0 fully saturated rings. The fraction of sp³-hybridized carbons (Fsp3) is 0.951. The van der Waals surface area contributed by atoms with Crippen molar-refractivity contribution in [1.82, 2.24) is 0 Å². The molecule has 0 rings (SSSR count). The summed E-state index contributed by atoms with van der Waals surface area (Å²) < 4.78 is 68.7. The zero-order valence-electron chi connectivity index (χ0n) is 66.4. The van der Waals surface area contributed by atoms with Gasteiger partial charge in [-0.1, -0.05) is 376 Å². The second-order valence-corrected chi connectivity index (χ2v) is 33.6. The molecule has 0 aromatic rings. The predicted octanol–water partition coefficient (Wildman–Crippen LogP) is 24.5. The summed E-state index contributed by atoms with van der Waals surface area (Å²) in [5.74, 6) is 0.323. The number of aliphatic hydroxyl groups excluding tert-OH is 1. The Balaban J connectivity index is 5.19. The third kappa shape index (κ3) is 74.7. The number of phosphoric ester groups is 2. The lowest BCUT2D eigenvalue weighted by molar-refractivity contribution is -0.161. The summed E-state index contributed by atoms with van der Waals surface area (Å²) in [6, 6.07) is 0. The summed E-state index contributed by atoms with van der Waals surface area (Å²) >= 11 is 0. The first-order valence-corrected chi connectivity index (χ1v) is 45.4. The lowest BCUT2D eigenvalue weighted by Crippen LogP contribution is -2.30. The van der Waals surface area contributed by atoms with Crippen molar-refractivity contribution < 1.29 is 80.2 Å². The van der Waals surface area contributed by atoms with Crippen LogP contribution in [0, 0.1) is 17.8 Å². The third-order valence-electron chi connectivity index (χ3n) is 19.5. The highest BCUT2D eigenvalue weighted by Gasteiger charge is 2.30. The summed E-state index contributed by atoms with van der Waals surface area (Å²) in [4.78, 5) is 72.9. The van der Waals surface area contributed by atoms with Crippen LogP contribution in [0.4, 0.5) is 0 Å². The minimum absolute atomic E-state index is 0.106. The van der Waals surface area contributed by atoms with Crippen LogP contribution in [0.2, 0.25) is 0 Å². The molecule has 0 heterocycles. The molecule has 0 amide bonds. The fourth-order valence-electron chi connectivity index (χ4n) is 12.6. The van der Waals surface area contributed by atoms with Crippen LogP contribution < -0.4 is 0 Å². The topological polar surface area (TPSA) is 237 Å². The van der Waals surface area contributed by atoms with Crippen LogP contribution in [0.25, 0.3) is 0 Å².